The van der Waals surface area contributed by atoms with E-state index in [1.165, 1.54) is 0 Å². The monoisotopic (exact) mass is 156 g/mol. The number of carbonyl (C=O) groups excluding carboxylic acids is 1. The molecule has 1 atom stereocenters. The predicted molar refractivity (Wildman–Crippen MR) is 41.2 cm³/mol. The molecule has 1 heterocycles. The van der Waals surface area contributed by atoms with Crippen LogP contribution in [0, 0.1) is 5.92 Å². The molecule has 1 rings (SSSR count). The van der Waals surface area contributed by atoms with Gasteiger partial charge in [-0.1, -0.05) is 0 Å². The Morgan fingerprint density at radius 2 is 2.64 bits per heavy atom. The van der Waals surface area contributed by atoms with E-state index < -0.39 is 0 Å². The van der Waals surface area contributed by atoms with Crippen LogP contribution < -0.4 is 0 Å². The maximum Gasteiger partial charge on any atom is 0.316 e. The van der Waals surface area contributed by atoms with Crippen molar-refractivity contribution in [1.82, 2.24) is 5.01 Å². The highest BCUT2D eigenvalue weighted by Crippen LogP contribution is 2.06. The van der Waals surface area contributed by atoms with E-state index >= 15 is 0 Å². The molecular weight excluding hydrogens is 144 g/mol. The van der Waals surface area contributed by atoms with Gasteiger partial charge in [0.25, 0.3) is 0 Å². The molecule has 4 nitrogen and oxygen atoms in total. The highest BCUT2D eigenvalue weighted by molar-refractivity contribution is 5.90. The number of rotatable bonds is 2. The van der Waals surface area contributed by atoms with Gasteiger partial charge >= 0.3 is 5.97 Å². The molecule has 0 N–H and O–H groups in total. The van der Waals surface area contributed by atoms with E-state index in [1.807, 2.05) is 7.05 Å². The summed E-state index contributed by atoms with van der Waals surface area (Å²) in [5, 5.41) is 5.65. The topological polar surface area (TPSA) is 41.9 Å². The lowest BCUT2D eigenvalue weighted by molar-refractivity contribution is -0.145. The predicted octanol–water partition coefficient (Wildman–Crippen LogP) is 0.0969. The van der Waals surface area contributed by atoms with Crippen molar-refractivity contribution in [3.8, 4) is 0 Å². The van der Waals surface area contributed by atoms with Crippen molar-refractivity contribution in [1.29, 1.82) is 0 Å². The van der Waals surface area contributed by atoms with Crippen LogP contribution in [-0.4, -0.2) is 37.4 Å². The van der Waals surface area contributed by atoms with Gasteiger partial charge in [0.15, 0.2) is 0 Å². The summed E-state index contributed by atoms with van der Waals surface area (Å²) in [4.78, 5) is 11.1. The van der Waals surface area contributed by atoms with Gasteiger partial charge in [-0.15, -0.1) is 0 Å². The Bertz CT molecular complexity index is 179. The van der Waals surface area contributed by atoms with Gasteiger partial charge in [0.1, 0.15) is 5.92 Å². The Balaban J connectivity index is 2.38. The van der Waals surface area contributed by atoms with E-state index in [4.69, 9.17) is 4.74 Å². The molecule has 11 heavy (non-hydrogen) atoms. The second kappa shape index (κ2) is 3.37. The van der Waals surface area contributed by atoms with Crippen molar-refractivity contribution in [2.24, 2.45) is 11.0 Å². The van der Waals surface area contributed by atoms with Gasteiger partial charge in [-0.05, 0) is 6.92 Å². The molecule has 0 aliphatic carbocycles. The van der Waals surface area contributed by atoms with Gasteiger partial charge in [0.2, 0.25) is 0 Å². The van der Waals surface area contributed by atoms with Gasteiger partial charge in [0.05, 0.1) is 13.2 Å². The summed E-state index contributed by atoms with van der Waals surface area (Å²) in [6, 6.07) is 0. The van der Waals surface area contributed by atoms with Crippen molar-refractivity contribution < 1.29 is 9.53 Å². The molecule has 62 valence electrons. The Kier molecular flexibility index (Phi) is 2.46. The maximum absolute atomic E-state index is 11.1. The quantitative estimate of drug-likeness (QED) is 0.532. The second-order valence-electron chi connectivity index (χ2n) is 2.46. The summed E-state index contributed by atoms with van der Waals surface area (Å²) in [5.41, 5.74) is 0. The molecule has 0 bridgehead atoms. The van der Waals surface area contributed by atoms with Crippen molar-refractivity contribution in [2.75, 3.05) is 20.2 Å². The zero-order chi connectivity index (χ0) is 8.27. The van der Waals surface area contributed by atoms with Gasteiger partial charge in [-0.3, -0.25) is 9.80 Å². The molecule has 0 aromatic carbocycles. The van der Waals surface area contributed by atoms with Crippen LogP contribution in [0.1, 0.15) is 6.92 Å². The first-order chi connectivity index (χ1) is 5.24. The fraction of sp³-hybridized carbons (Fsp3) is 0.714. The highest BCUT2D eigenvalue weighted by Gasteiger charge is 2.23. The minimum atomic E-state index is -0.180. The van der Waals surface area contributed by atoms with Crippen LogP contribution in [0.3, 0.4) is 0 Å². The van der Waals surface area contributed by atoms with Crippen molar-refractivity contribution in [2.45, 2.75) is 6.92 Å². The third kappa shape index (κ3) is 1.93. The second-order valence-corrected chi connectivity index (χ2v) is 2.46. The van der Waals surface area contributed by atoms with Crippen LogP contribution >= 0.6 is 0 Å². The van der Waals surface area contributed by atoms with Crippen LogP contribution in [0.4, 0.5) is 0 Å². The normalized spacial score (nSPS) is 22.4. The van der Waals surface area contributed by atoms with Gasteiger partial charge in [-0.25, -0.2) is 0 Å². The Labute approximate surface area is 65.8 Å². The van der Waals surface area contributed by atoms with E-state index in [-0.39, 0.29) is 11.9 Å². The standard InChI is InChI=1S/C7H12N2O2/c1-3-11-7(10)6-4-8-9(2)5-6/h4,6H,3,5H2,1-2H3. The Morgan fingerprint density at radius 3 is 3.09 bits per heavy atom. The first kappa shape index (κ1) is 8.04. The zero-order valence-electron chi connectivity index (χ0n) is 6.78. The Morgan fingerprint density at radius 1 is 1.91 bits per heavy atom. The van der Waals surface area contributed by atoms with E-state index in [1.54, 1.807) is 18.1 Å². The number of carbonyl (C=O) groups is 1. The van der Waals surface area contributed by atoms with Crippen molar-refractivity contribution in [3.05, 3.63) is 0 Å². The van der Waals surface area contributed by atoms with Crippen molar-refractivity contribution >= 4 is 12.2 Å². The lowest BCUT2D eigenvalue weighted by Gasteiger charge is -2.08. The van der Waals surface area contributed by atoms with Gasteiger partial charge in [-0.2, -0.15) is 5.10 Å². The molecule has 0 fully saturated rings. The molecule has 0 saturated heterocycles. The lowest BCUT2D eigenvalue weighted by atomic mass is 10.2. The average Bonchev–Trinajstić information content (AvgIpc) is 2.36. The summed E-state index contributed by atoms with van der Waals surface area (Å²) < 4.78 is 4.82. The molecule has 0 amide bonds. The SMILES string of the molecule is CCOC(=O)C1C=NN(C)C1. The summed E-state index contributed by atoms with van der Waals surface area (Å²) in [5.74, 6) is -0.347. The van der Waals surface area contributed by atoms with Crippen LogP contribution in [0.5, 0.6) is 0 Å². The van der Waals surface area contributed by atoms with Gasteiger partial charge < -0.3 is 4.74 Å². The largest absolute Gasteiger partial charge is 0.465 e. The fourth-order valence-corrected chi connectivity index (χ4v) is 0.958. The third-order valence-electron chi connectivity index (χ3n) is 1.49. The molecule has 1 unspecified atom stereocenters. The summed E-state index contributed by atoms with van der Waals surface area (Å²) >= 11 is 0. The van der Waals surface area contributed by atoms with E-state index in [9.17, 15) is 4.79 Å². The lowest BCUT2D eigenvalue weighted by Crippen LogP contribution is -2.23. The number of ether oxygens (including phenoxy) is 1. The molecule has 0 radical (unpaired) electrons. The molecule has 0 aromatic rings. The number of hydrogen-bond donors (Lipinski definition) is 0. The first-order valence-electron chi connectivity index (χ1n) is 3.66. The Hall–Kier alpha value is -1.06. The molecule has 0 aromatic heterocycles. The minimum absolute atomic E-state index is 0.167. The molecule has 0 spiro atoms. The van der Waals surface area contributed by atoms with E-state index in [0.29, 0.717) is 13.2 Å². The molecule has 4 heteroatoms. The third-order valence-corrected chi connectivity index (χ3v) is 1.49. The van der Waals surface area contributed by atoms with Gasteiger partial charge in [0, 0.05) is 13.3 Å². The molecule has 0 saturated carbocycles. The molecule has 1 aliphatic rings. The molecule has 1 aliphatic heterocycles. The van der Waals surface area contributed by atoms with Crippen LogP contribution in [0.2, 0.25) is 0 Å². The van der Waals surface area contributed by atoms with Crippen LogP contribution in [0.15, 0.2) is 5.10 Å². The zero-order valence-corrected chi connectivity index (χ0v) is 6.78. The van der Waals surface area contributed by atoms with Crippen LogP contribution in [0.25, 0.3) is 0 Å². The first-order valence-corrected chi connectivity index (χ1v) is 3.66. The highest BCUT2D eigenvalue weighted by atomic mass is 16.5. The van der Waals surface area contributed by atoms with E-state index in [2.05, 4.69) is 5.10 Å². The average molecular weight is 156 g/mol. The number of hydrazone groups is 1. The van der Waals surface area contributed by atoms with Crippen LogP contribution in [-0.2, 0) is 9.53 Å². The maximum atomic E-state index is 11.1. The fourth-order valence-electron chi connectivity index (χ4n) is 0.958. The smallest absolute Gasteiger partial charge is 0.316 e. The number of esters is 1. The molecular formula is C7H12N2O2. The summed E-state index contributed by atoms with van der Waals surface area (Å²) in [6.07, 6.45) is 1.62. The minimum Gasteiger partial charge on any atom is -0.465 e. The van der Waals surface area contributed by atoms with E-state index in [0.717, 1.165) is 0 Å². The summed E-state index contributed by atoms with van der Waals surface area (Å²) in [6.45, 7) is 2.87. The number of nitrogens with zero attached hydrogens (tertiary/aromatic N) is 2. The van der Waals surface area contributed by atoms with Crippen molar-refractivity contribution in [3.63, 3.8) is 0 Å². The number of hydrogen-bond acceptors (Lipinski definition) is 4. The summed E-state index contributed by atoms with van der Waals surface area (Å²) in [7, 11) is 1.83.